The third-order valence-electron chi connectivity index (χ3n) is 3.50. The van der Waals surface area contributed by atoms with Gasteiger partial charge in [-0.15, -0.1) is 5.10 Å². The quantitative estimate of drug-likeness (QED) is 0.589. The second kappa shape index (κ2) is 5.06. The molecule has 2 aromatic carbocycles. The van der Waals surface area contributed by atoms with Gasteiger partial charge in [0.05, 0.1) is 5.39 Å². The van der Waals surface area contributed by atoms with Crippen molar-refractivity contribution in [3.05, 3.63) is 58.8 Å². The van der Waals surface area contributed by atoms with Crippen LogP contribution in [0, 0.1) is 0 Å². The summed E-state index contributed by atoms with van der Waals surface area (Å²) in [6, 6.07) is 13.1. The van der Waals surface area contributed by atoms with Gasteiger partial charge in [-0.3, -0.25) is 4.79 Å². The molecule has 4 aromatic rings. The molecule has 0 radical (unpaired) electrons. The Hall–Kier alpha value is -3.48. The molecule has 7 heteroatoms. The number of tetrazole rings is 1. The summed E-state index contributed by atoms with van der Waals surface area (Å²) in [6.07, 6.45) is 0. The van der Waals surface area contributed by atoms with Crippen LogP contribution in [0.15, 0.2) is 57.7 Å². The number of hydrogen-bond donors (Lipinski definition) is 2. The molecule has 0 aliphatic rings. The van der Waals surface area contributed by atoms with E-state index in [2.05, 4.69) is 20.6 Å². The average Bonchev–Trinajstić information content (AvgIpc) is 3.09. The zero-order chi connectivity index (χ0) is 15.8. The summed E-state index contributed by atoms with van der Waals surface area (Å²) in [5.41, 5.74) is 1.74. The van der Waals surface area contributed by atoms with Crippen molar-refractivity contribution < 1.29 is 9.52 Å². The minimum Gasteiger partial charge on any atom is -0.508 e. The zero-order valence-corrected chi connectivity index (χ0v) is 11.7. The molecule has 2 aromatic heterocycles. The molecule has 4 rings (SSSR count). The molecule has 0 bridgehead atoms. The van der Waals surface area contributed by atoms with E-state index in [1.165, 1.54) is 18.2 Å². The second-order valence-corrected chi connectivity index (χ2v) is 4.98. The summed E-state index contributed by atoms with van der Waals surface area (Å²) in [4.78, 5) is 12.2. The van der Waals surface area contributed by atoms with E-state index in [4.69, 9.17) is 4.42 Å². The molecular formula is C16H10N4O3. The number of aromatic amines is 1. The van der Waals surface area contributed by atoms with Gasteiger partial charge in [0.1, 0.15) is 17.1 Å². The van der Waals surface area contributed by atoms with Crippen LogP contribution < -0.4 is 5.43 Å². The number of nitrogens with one attached hydrogen (secondary N) is 1. The molecule has 0 aliphatic heterocycles. The summed E-state index contributed by atoms with van der Waals surface area (Å²) in [5.74, 6) is 1.03. The van der Waals surface area contributed by atoms with Crippen molar-refractivity contribution in [1.82, 2.24) is 20.6 Å². The van der Waals surface area contributed by atoms with Gasteiger partial charge in [-0.2, -0.15) is 0 Å². The van der Waals surface area contributed by atoms with Gasteiger partial charge in [-0.1, -0.05) is 24.3 Å². The van der Waals surface area contributed by atoms with Gasteiger partial charge in [-0.05, 0) is 22.6 Å². The van der Waals surface area contributed by atoms with Crippen LogP contribution in [0.25, 0.3) is 33.7 Å². The van der Waals surface area contributed by atoms with Gasteiger partial charge < -0.3 is 9.52 Å². The number of fused-ring (bicyclic) bond motifs is 1. The molecule has 0 unspecified atom stereocenters. The molecule has 0 saturated carbocycles. The number of nitrogens with zero attached hydrogens (tertiary/aromatic N) is 3. The number of benzene rings is 2. The molecule has 0 spiro atoms. The molecule has 7 nitrogen and oxygen atoms in total. The minimum atomic E-state index is -0.162. The lowest BCUT2D eigenvalue weighted by Crippen LogP contribution is -2.00. The number of rotatable bonds is 2. The first-order valence-electron chi connectivity index (χ1n) is 6.82. The van der Waals surface area contributed by atoms with E-state index in [9.17, 15) is 9.90 Å². The maximum absolute atomic E-state index is 12.2. The fraction of sp³-hybridized carbons (Fsp3) is 0. The largest absolute Gasteiger partial charge is 0.508 e. The predicted octanol–water partition coefficient (Wildman–Crippen LogP) is 2.35. The maximum Gasteiger partial charge on any atom is 0.193 e. The van der Waals surface area contributed by atoms with Gasteiger partial charge in [0, 0.05) is 23.3 Å². The topological polar surface area (TPSA) is 105 Å². The minimum absolute atomic E-state index is 0.0472. The zero-order valence-electron chi connectivity index (χ0n) is 11.7. The summed E-state index contributed by atoms with van der Waals surface area (Å²) >= 11 is 0. The van der Waals surface area contributed by atoms with Crippen molar-refractivity contribution in [2.24, 2.45) is 0 Å². The number of H-pyrrole nitrogens is 1. The lowest BCUT2D eigenvalue weighted by Gasteiger charge is -2.04. The Morgan fingerprint density at radius 1 is 1.00 bits per heavy atom. The van der Waals surface area contributed by atoms with E-state index >= 15 is 0 Å². The van der Waals surface area contributed by atoms with E-state index in [1.807, 2.05) is 24.3 Å². The molecule has 112 valence electrons. The van der Waals surface area contributed by atoms with Gasteiger partial charge in [-0.25, -0.2) is 5.10 Å². The summed E-state index contributed by atoms with van der Waals surface area (Å²) in [7, 11) is 0. The van der Waals surface area contributed by atoms with Crippen molar-refractivity contribution in [2.75, 3.05) is 0 Å². The Labute approximate surface area is 129 Å². The van der Waals surface area contributed by atoms with Crippen LogP contribution in [0.1, 0.15) is 0 Å². The third kappa shape index (κ3) is 2.34. The molecular weight excluding hydrogens is 296 g/mol. The Kier molecular flexibility index (Phi) is 2.90. The summed E-state index contributed by atoms with van der Waals surface area (Å²) in [5, 5.41) is 23.5. The Bertz CT molecular complexity index is 1040. The lowest BCUT2D eigenvalue weighted by molar-refractivity contribution is 0.474. The monoisotopic (exact) mass is 306 g/mol. The Morgan fingerprint density at radius 3 is 2.52 bits per heavy atom. The SMILES string of the molecule is O=c1cc(-c2ccc(-c3nnn[nH]3)cc2)oc2cc(O)ccc12. The van der Waals surface area contributed by atoms with Crippen LogP contribution in [0.3, 0.4) is 0 Å². The van der Waals surface area contributed by atoms with E-state index in [0.29, 0.717) is 22.6 Å². The van der Waals surface area contributed by atoms with Crippen molar-refractivity contribution in [3.63, 3.8) is 0 Å². The van der Waals surface area contributed by atoms with Gasteiger partial charge in [0.25, 0.3) is 0 Å². The number of aromatic nitrogens is 4. The van der Waals surface area contributed by atoms with Crippen LogP contribution in [0.2, 0.25) is 0 Å². The highest BCUT2D eigenvalue weighted by atomic mass is 16.3. The molecule has 23 heavy (non-hydrogen) atoms. The highest BCUT2D eigenvalue weighted by Crippen LogP contribution is 2.26. The standard InChI is InChI=1S/C16H10N4O3/c21-11-5-6-12-13(22)8-14(23-15(12)7-11)9-1-3-10(4-2-9)16-17-19-20-18-16/h1-8,21H,(H,17,18,19,20). The van der Waals surface area contributed by atoms with Gasteiger partial charge in [0.2, 0.25) is 0 Å². The number of phenolic OH excluding ortho intramolecular Hbond substituents is 1. The average molecular weight is 306 g/mol. The third-order valence-corrected chi connectivity index (χ3v) is 3.50. The molecule has 0 amide bonds. The smallest absolute Gasteiger partial charge is 0.193 e. The highest BCUT2D eigenvalue weighted by Gasteiger charge is 2.09. The Balaban J connectivity index is 1.81. The van der Waals surface area contributed by atoms with Crippen molar-refractivity contribution >= 4 is 11.0 Å². The van der Waals surface area contributed by atoms with Crippen LogP contribution in [0.5, 0.6) is 5.75 Å². The molecule has 0 atom stereocenters. The van der Waals surface area contributed by atoms with E-state index in [-0.39, 0.29) is 11.2 Å². The number of phenols is 1. The van der Waals surface area contributed by atoms with Crippen LogP contribution >= 0.6 is 0 Å². The van der Waals surface area contributed by atoms with E-state index in [0.717, 1.165) is 11.1 Å². The van der Waals surface area contributed by atoms with E-state index in [1.54, 1.807) is 6.07 Å². The lowest BCUT2D eigenvalue weighted by atomic mass is 10.1. The first-order valence-corrected chi connectivity index (χ1v) is 6.82. The first kappa shape index (κ1) is 13.2. The van der Waals surface area contributed by atoms with Gasteiger partial charge >= 0.3 is 0 Å². The summed E-state index contributed by atoms with van der Waals surface area (Å²) in [6.45, 7) is 0. The van der Waals surface area contributed by atoms with Crippen LogP contribution in [-0.2, 0) is 0 Å². The number of aromatic hydroxyl groups is 1. The first-order chi connectivity index (χ1) is 11.2. The van der Waals surface area contributed by atoms with Crippen molar-refractivity contribution in [1.29, 1.82) is 0 Å². The van der Waals surface area contributed by atoms with Crippen molar-refractivity contribution in [3.8, 4) is 28.5 Å². The second-order valence-electron chi connectivity index (χ2n) is 4.98. The molecule has 2 N–H and O–H groups in total. The fourth-order valence-corrected chi connectivity index (χ4v) is 2.36. The highest BCUT2D eigenvalue weighted by molar-refractivity contribution is 5.80. The van der Waals surface area contributed by atoms with Crippen molar-refractivity contribution in [2.45, 2.75) is 0 Å². The number of hydrogen-bond acceptors (Lipinski definition) is 6. The molecule has 2 heterocycles. The van der Waals surface area contributed by atoms with E-state index < -0.39 is 0 Å². The normalized spacial score (nSPS) is 11.0. The van der Waals surface area contributed by atoms with Crippen LogP contribution in [-0.4, -0.2) is 25.7 Å². The molecule has 0 saturated heterocycles. The van der Waals surface area contributed by atoms with Crippen LogP contribution in [0.4, 0.5) is 0 Å². The molecule has 0 fully saturated rings. The fourth-order valence-electron chi connectivity index (χ4n) is 2.36. The maximum atomic E-state index is 12.2. The van der Waals surface area contributed by atoms with Gasteiger partial charge in [0.15, 0.2) is 11.3 Å². The summed E-state index contributed by atoms with van der Waals surface area (Å²) < 4.78 is 5.73. The Morgan fingerprint density at radius 2 is 1.78 bits per heavy atom. The molecule has 0 aliphatic carbocycles. The predicted molar refractivity (Wildman–Crippen MR) is 82.8 cm³/mol.